The summed E-state index contributed by atoms with van der Waals surface area (Å²) in [5.41, 5.74) is 10.4. The molecule has 1 rings (SSSR count). The Morgan fingerprint density at radius 3 is 2.59 bits per heavy atom. The molecule has 17 heavy (non-hydrogen) atoms. The van der Waals surface area contributed by atoms with Gasteiger partial charge < -0.3 is 11.5 Å². The van der Waals surface area contributed by atoms with Crippen molar-refractivity contribution in [2.45, 2.75) is 24.8 Å². The molecule has 6 nitrogen and oxygen atoms in total. The highest BCUT2D eigenvalue weighted by Crippen LogP contribution is 2.20. The van der Waals surface area contributed by atoms with Crippen LogP contribution < -0.4 is 11.5 Å². The number of hydrogen-bond donors (Lipinski definition) is 2. The van der Waals surface area contributed by atoms with Gasteiger partial charge in [-0.05, 0) is 12.2 Å². The predicted octanol–water partition coefficient (Wildman–Crippen LogP) is 0.567. The number of rotatable bonds is 6. The molecule has 0 saturated carbocycles. The van der Waals surface area contributed by atoms with Crippen LogP contribution in [0.3, 0.4) is 0 Å². The summed E-state index contributed by atoms with van der Waals surface area (Å²) >= 11 is 1.35. The van der Waals surface area contributed by atoms with Gasteiger partial charge in [-0.1, -0.05) is 13.3 Å². The van der Waals surface area contributed by atoms with Gasteiger partial charge >= 0.3 is 0 Å². The zero-order chi connectivity index (χ0) is 12.8. The van der Waals surface area contributed by atoms with Crippen LogP contribution in [0.1, 0.15) is 40.7 Å². The topological polar surface area (TPSA) is 112 Å². The average molecular weight is 254 g/mol. The van der Waals surface area contributed by atoms with E-state index in [1.54, 1.807) is 0 Å². The molecule has 1 aromatic rings. The van der Waals surface area contributed by atoms with Crippen LogP contribution in [0.2, 0.25) is 0 Å². The summed E-state index contributed by atoms with van der Waals surface area (Å²) < 4.78 is 0. The fourth-order valence-corrected chi connectivity index (χ4v) is 2.15. The number of nitrogens with zero attached hydrogens (tertiary/aromatic N) is 2. The first-order valence-electron chi connectivity index (χ1n) is 5.15. The van der Waals surface area contributed by atoms with Crippen molar-refractivity contribution in [3.63, 3.8) is 0 Å². The van der Waals surface area contributed by atoms with Crippen molar-refractivity contribution < 1.29 is 9.59 Å². The summed E-state index contributed by atoms with van der Waals surface area (Å²) in [6, 6.07) is 0. The monoisotopic (exact) mass is 254 g/mol. The first kappa shape index (κ1) is 13.4. The van der Waals surface area contributed by atoms with E-state index >= 15 is 0 Å². The quantitative estimate of drug-likeness (QED) is 0.569. The van der Waals surface area contributed by atoms with Crippen molar-refractivity contribution in [2.75, 3.05) is 5.75 Å². The van der Waals surface area contributed by atoms with Gasteiger partial charge in [-0.15, -0.1) is 11.8 Å². The van der Waals surface area contributed by atoms with Crippen LogP contribution in [0.4, 0.5) is 0 Å². The van der Waals surface area contributed by atoms with E-state index < -0.39 is 11.8 Å². The number of amides is 2. The van der Waals surface area contributed by atoms with Gasteiger partial charge in [-0.3, -0.25) is 9.59 Å². The van der Waals surface area contributed by atoms with E-state index in [1.807, 2.05) is 0 Å². The van der Waals surface area contributed by atoms with Crippen LogP contribution in [-0.2, 0) is 0 Å². The molecule has 0 spiro atoms. The summed E-state index contributed by atoms with van der Waals surface area (Å²) in [6.07, 6.45) is 3.17. The molecule has 4 N–H and O–H groups in total. The number of primary amides is 2. The van der Waals surface area contributed by atoms with Gasteiger partial charge in [0.2, 0.25) is 0 Å². The second-order valence-corrected chi connectivity index (χ2v) is 4.42. The third-order valence-electron chi connectivity index (χ3n) is 1.96. The zero-order valence-electron chi connectivity index (χ0n) is 9.47. The van der Waals surface area contributed by atoms with Gasteiger partial charge in [-0.2, -0.15) is 0 Å². The Hall–Kier alpha value is -1.63. The average Bonchev–Trinajstić information content (AvgIpc) is 2.28. The van der Waals surface area contributed by atoms with Crippen LogP contribution in [-0.4, -0.2) is 27.5 Å². The molecule has 92 valence electrons. The molecule has 1 heterocycles. The fourth-order valence-electron chi connectivity index (χ4n) is 1.07. The number of nitrogens with two attached hydrogens (primary N) is 2. The second-order valence-electron chi connectivity index (χ2n) is 3.34. The number of aromatic nitrogens is 2. The van der Waals surface area contributed by atoms with Gasteiger partial charge in [0.15, 0.2) is 5.69 Å². The third kappa shape index (κ3) is 3.70. The van der Waals surface area contributed by atoms with Crippen LogP contribution in [0.25, 0.3) is 0 Å². The molecule has 0 bridgehead atoms. The van der Waals surface area contributed by atoms with Gasteiger partial charge in [0.05, 0.1) is 6.20 Å². The van der Waals surface area contributed by atoms with Crippen molar-refractivity contribution in [2.24, 2.45) is 11.5 Å². The zero-order valence-corrected chi connectivity index (χ0v) is 10.3. The standard InChI is InChI=1S/C10H14N4O2S/c1-2-3-4-17-10-7(9(12)16)13-5-6(14-10)8(11)15/h5H,2-4H2,1H3,(H2,11,15)(H2,12,16). The lowest BCUT2D eigenvalue weighted by Crippen LogP contribution is -2.19. The van der Waals surface area contributed by atoms with E-state index in [0.717, 1.165) is 24.8 Å². The first-order chi connectivity index (χ1) is 8.06. The van der Waals surface area contributed by atoms with E-state index in [0.29, 0.717) is 5.03 Å². The summed E-state index contributed by atoms with van der Waals surface area (Å²) in [4.78, 5) is 29.9. The van der Waals surface area contributed by atoms with Crippen molar-refractivity contribution >= 4 is 23.6 Å². The summed E-state index contributed by atoms with van der Waals surface area (Å²) in [6.45, 7) is 2.06. The molecule has 0 unspecified atom stereocenters. The molecule has 0 aliphatic heterocycles. The summed E-state index contributed by atoms with van der Waals surface area (Å²) in [5, 5.41) is 0.363. The molecule has 0 aliphatic rings. The minimum Gasteiger partial charge on any atom is -0.364 e. The molecule has 2 amide bonds. The molecule has 0 atom stereocenters. The van der Waals surface area contributed by atoms with Crippen molar-refractivity contribution in [1.29, 1.82) is 0 Å². The minimum absolute atomic E-state index is 0.0361. The highest BCUT2D eigenvalue weighted by atomic mass is 32.2. The van der Waals surface area contributed by atoms with Gasteiger partial charge in [-0.25, -0.2) is 9.97 Å². The smallest absolute Gasteiger partial charge is 0.270 e. The van der Waals surface area contributed by atoms with Gasteiger partial charge in [0, 0.05) is 0 Å². The minimum atomic E-state index is -0.675. The fraction of sp³-hybridized carbons (Fsp3) is 0.400. The van der Waals surface area contributed by atoms with Crippen LogP contribution >= 0.6 is 11.8 Å². The lowest BCUT2D eigenvalue weighted by atomic mass is 10.4. The highest BCUT2D eigenvalue weighted by Gasteiger charge is 2.14. The Labute approximate surface area is 103 Å². The molecule has 1 aromatic heterocycles. The molecule has 0 radical (unpaired) electrons. The maximum absolute atomic E-state index is 11.1. The van der Waals surface area contributed by atoms with Crippen molar-refractivity contribution in [1.82, 2.24) is 9.97 Å². The molecule has 0 fully saturated rings. The number of thioether (sulfide) groups is 1. The third-order valence-corrected chi connectivity index (χ3v) is 3.01. The Morgan fingerprint density at radius 1 is 1.35 bits per heavy atom. The first-order valence-corrected chi connectivity index (χ1v) is 6.14. The van der Waals surface area contributed by atoms with Crippen LogP contribution in [0.15, 0.2) is 11.2 Å². The van der Waals surface area contributed by atoms with Gasteiger partial charge in [0.25, 0.3) is 11.8 Å². The van der Waals surface area contributed by atoms with Gasteiger partial charge in [0.1, 0.15) is 10.7 Å². The largest absolute Gasteiger partial charge is 0.364 e. The molecule has 0 saturated heterocycles. The van der Waals surface area contributed by atoms with Crippen LogP contribution in [0, 0.1) is 0 Å². The van der Waals surface area contributed by atoms with E-state index in [-0.39, 0.29) is 11.4 Å². The van der Waals surface area contributed by atoms with E-state index in [2.05, 4.69) is 16.9 Å². The number of carbonyl (C=O) groups is 2. The maximum Gasteiger partial charge on any atom is 0.270 e. The Kier molecular flexibility index (Phi) is 4.89. The Morgan fingerprint density at radius 2 is 2.06 bits per heavy atom. The maximum atomic E-state index is 11.1. The van der Waals surface area contributed by atoms with E-state index in [1.165, 1.54) is 11.8 Å². The molecular weight excluding hydrogens is 240 g/mol. The summed E-state index contributed by atoms with van der Waals surface area (Å²) in [5.74, 6) is -0.549. The van der Waals surface area contributed by atoms with Crippen LogP contribution in [0.5, 0.6) is 0 Å². The number of carbonyl (C=O) groups excluding carboxylic acids is 2. The normalized spacial score (nSPS) is 10.2. The SMILES string of the molecule is CCCCSc1nc(C(N)=O)cnc1C(N)=O. The summed E-state index contributed by atoms with van der Waals surface area (Å²) in [7, 11) is 0. The second kappa shape index (κ2) is 6.19. The Bertz CT molecular complexity index is 436. The number of unbranched alkanes of at least 4 members (excludes halogenated alkanes) is 1. The predicted molar refractivity (Wildman–Crippen MR) is 64.7 cm³/mol. The van der Waals surface area contributed by atoms with Crippen molar-refractivity contribution in [3.8, 4) is 0 Å². The molecular formula is C10H14N4O2S. The van der Waals surface area contributed by atoms with E-state index in [4.69, 9.17) is 11.5 Å². The number of hydrogen-bond acceptors (Lipinski definition) is 5. The Balaban J connectivity index is 2.98. The highest BCUT2D eigenvalue weighted by molar-refractivity contribution is 7.99. The lowest BCUT2D eigenvalue weighted by Gasteiger charge is -2.05. The molecule has 7 heteroatoms. The molecule has 0 aromatic carbocycles. The molecule has 0 aliphatic carbocycles. The lowest BCUT2D eigenvalue weighted by molar-refractivity contribution is 0.0977. The van der Waals surface area contributed by atoms with Crippen molar-refractivity contribution in [3.05, 3.63) is 17.6 Å². The van der Waals surface area contributed by atoms with E-state index in [9.17, 15) is 9.59 Å².